The molecule has 0 aliphatic carbocycles. The molecule has 0 radical (unpaired) electrons. The highest BCUT2D eigenvalue weighted by Gasteiger charge is 2.09. The van der Waals surface area contributed by atoms with Gasteiger partial charge < -0.3 is 5.32 Å². The van der Waals surface area contributed by atoms with Gasteiger partial charge in [0.1, 0.15) is 5.82 Å². The van der Waals surface area contributed by atoms with E-state index in [1.165, 1.54) is 23.0 Å². The van der Waals surface area contributed by atoms with Crippen LogP contribution in [0.2, 0.25) is 0 Å². The van der Waals surface area contributed by atoms with Gasteiger partial charge in [0.15, 0.2) is 0 Å². The highest BCUT2D eigenvalue weighted by molar-refractivity contribution is 7.17. The molecule has 0 bridgehead atoms. The Morgan fingerprint density at radius 3 is 3.00 bits per heavy atom. The van der Waals surface area contributed by atoms with Gasteiger partial charge in [-0.3, -0.25) is 0 Å². The summed E-state index contributed by atoms with van der Waals surface area (Å²) in [4.78, 5) is 0. The van der Waals surface area contributed by atoms with E-state index in [9.17, 15) is 4.39 Å². The molecule has 1 unspecified atom stereocenters. The molecule has 0 saturated carbocycles. The van der Waals surface area contributed by atoms with Crippen LogP contribution in [0.3, 0.4) is 0 Å². The molecule has 3 heteroatoms. The molecule has 1 aromatic heterocycles. The monoisotopic (exact) mass is 223 g/mol. The van der Waals surface area contributed by atoms with Gasteiger partial charge in [0.2, 0.25) is 0 Å². The van der Waals surface area contributed by atoms with E-state index in [-0.39, 0.29) is 5.82 Å². The summed E-state index contributed by atoms with van der Waals surface area (Å²) in [6.45, 7) is 2.13. The Morgan fingerprint density at radius 2 is 2.27 bits per heavy atom. The molecule has 15 heavy (non-hydrogen) atoms. The molecule has 0 amide bonds. The largest absolute Gasteiger partial charge is 0.317 e. The topological polar surface area (TPSA) is 12.0 Å². The molecule has 1 heterocycles. The van der Waals surface area contributed by atoms with Crippen LogP contribution in [0.1, 0.15) is 12.5 Å². The van der Waals surface area contributed by atoms with Crippen molar-refractivity contribution >= 4 is 21.4 Å². The van der Waals surface area contributed by atoms with Crippen LogP contribution in [0.5, 0.6) is 0 Å². The van der Waals surface area contributed by atoms with Crippen LogP contribution in [0, 0.1) is 5.82 Å². The molecule has 0 saturated heterocycles. The zero-order valence-electron chi connectivity index (χ0n) is 8.88. The molecule has 0 aliphatic heterocycles. The van der Waals surface area contributed by atoms with E-state index in [0.29, 0.717) is 6.04 Å². The summed E-state index contributed by atoms with van der Waals surface area (Å²) < 4.78 is 14.2. The van der Waals surface area contributed by atoms with Crippen LogP contribution in [0.4, 0.5) is 4.39 Å². The Kier molecular flexibility index (Phi) is 3.03. The maximum atomic E-state index is 13.4. The van der Waals surface area contributed by atoms with Crippen molar-refractivity contribution < 1.29 is 4.39 Å². The van der Waals surface area contributed by atoms with E-state index in [0.717, 1.165) is 16.5 Å². The first kappa shape index (κ1) is 10.6. The Bertz CT molecular complexity index is 464. The summed E-state index contributed by atoms with van der Waals surface area (Å²) in [7, 11) is 1.94. The Morgan fingerprint density at radius 1 is 1.47 bits per heavy atom. The van der Waals surface area contributed by atoms with Crippen molar-refractivity contribution in [2.24, 2.45) is 0 Å². The van der Waals surface area contributed by atoms with E-state index in [4.69, 9.17) is 0 Å². The van der Waals surface area contributed by atoms with E-state index in [1.54, 1.807) is 6.07 Å². The SMILES string of the molecule is CNC(C)Cc1csc2c(F)cccc12. The lowest BCUT2D eigenvalue weighted by molar-refractivity contribution is 0.611. The Labute approximate surface area is 92.9 Å². The molecular weight excluding hydrogens is 209 g/mol. The third kappa shape index (κ3) is 2.03. The second-order valence-corrected chi connectivity index (χ2v) is 4.65. The second-order valence-electron chi connectivity index (χ2n) is 3.77. The van der Waals surface area contributed by atoms with Gasteiger partial charge in [0.05, 0.1) is 4.70 Å². The number of halogens is 1. The Hall–Kier alpha value is -0.930. The summed E-state index contributed by atoms with van der Waals surface area (Å²) in [6, 6.07) is 5.71. The third-order valence-electron chi connectivity index (χ3n) is 2.65. The smallest absolute Gasteiger partial charge is 0.140 e. The van der Waals surface area contributed by atoms with Crippen LogP contribution in [-0.2, 0) is 6.42 Å². The first-order chi connectivity index (χ1) is 7.22. The first-order valence-corrected chi connectivity index (χ1v) is 5.92. The molecular formula is C12H14FNS. The highest BCUT2D eigenvalue weighted by Crippen LogP contribution is 2.28. The van der Waals surface area contributed by atoms with Gasteiger partial charge in [-0.1, -0.05) is 12.1 Å². The number of nitrogens with one attached hydrogen (secondary N) is 1. The van der Waals surface area contributed by atoms with E-state index in [1.807, 2.05) is 13.1 Å². The summed E-state index contributed by atoms with van der Waals surface area (Å²) in [6.07, 6.45) is 0.944. The van der Waals surface area contributed by atoms with E-state index >= 15 is 0 Å². The van der Waals surface area contributed by atoms with Gasteiger partial charge in [-0.05, 0) is 42.8 Å². The fraction of sp³-hybridized carbons (Fsp3) is 0.333. The predicted octanol–water partition coefficient (Wildman–Crippen LogP) is 3.19. The van der Waals surface area contributed by atoms with Crippen LogP contribution in [0.25, 0.3) is 10.1 Å². The van der Waals surface area contributed by atoms with Crippen molar-refractivity contribution in [3.63, 3.8) is 0 Å². The van der Waals surface area contributed by atoms with Gasteiger partial charge in [0.25, 0.3) is 0 Å². The fourth-order valence-electron chi connectivity index (χ4n) is 1.67. The van der Waals surface area contributed by atoms with Crippen LogP contribution in [0.15, 0.2) is 23.6 Å². The van der Waals surface area contributed by atoms with E-state index < -0.39 is 0 Å². The van der Waals surface area contributed by atoms with Crippen molar-refractivity contribution in [2.75, 3.05) is 7.05 Å². The summed E-state index contributed by atoms with van der Waals surface area (Å²) in [5, 5.41) is 6.31. The number of likely N-dealkylation sites (N-methyl/N-ethyl adjacent to an activating group) is 1. The number of rotatable bonds is 3. The van der Waals surface area contributed by atoms with Crippen LogP contribution >= 0.6 is 11.3 Å². The lowest BCUT2D eigenvalue weighted by atomic mass is 10.1. The summed E-state index contributed by atoms with van der Waals surface area (Å²) >= 11 is 1.49. The maximum absolute atomic E-state index is 13.4. The fourth-order valence-corrected chi connectivity index (χ4v) is 2.66. The zero-order chi connectivity index (χ0) is 10.8. The van der Waals surface area contributed by atoms with Crippen molar-refractivity contribution in [3.8, 4) is 0 Å². The van der Waals surface area contributed by atoms with Gasteiger partial charge in [0, 0.05) is 6.04 Å². The van der Waals surface area contributed by atoms with Crippen molar-refractivity contribution in [2.45, 2.75) is 19.4 Å². The van der Waals surface area contributed by atoms with Crippen LogP contribution in [-0.4, -0.2) is 13.1 Å². The molecule has 0 spiro atoms. The van der Waals surface area contributed by atoms with Crippen molar-refractivity contribution in [1.82, 2.24) is 5.32 Å². The molecule has 0 fully saturated rings. The summed E-state index contributed by atoms with van der Waals surface area (Å²) in [5.74, 6) is -0.110. The minimum Gasteiger partial charge on any atom is -0.317 e. The molecule has 1 nitrogen and oxygen atoms in total. The van der Waals surface area contributed by atoms with Crippen molar-refractivity contribution in [1.29, 1.82) is 0 Å². The van der Waals surface area contributed by atoms with Crippen molar-refractivity contribution in [3.05, 3.63) is 35.0 Å². The number of fused-ring (bicyclic) bond motifs is 1. The minimum absolute atomic E-state index is 0.110. The molecule has 1 aromatic carbocycles. The number of thiophene rings is 1. The molecule has 2 aromatic rings. The van der Waals surface area contributed by atoms with Gasteiger partial charge in [-0.25, -0.2) is 4.39 Å². The quantitative estimate of drug-likeness (QED) is 0.842. The number of hydrogen-bond acceptors (Lipinski definition) is 2. The van der Waals surface area contributed by atoms with E-state index in [2.05, 4.69) is 17.6 Å². The highest BCUT2D eigenvalue weighted by atomic mass is 32.1. The third-order valence-corrected chi connectivity index (χ3v) is 3.70. The lowest BCUT2D eigenvalue weighted by Gasteiger charge is -2.08. The van der Waals surface area contributed by atoms with Gasteiger partial charge in [-0.15, -0.1) is 11.3 Å². The minimum atomic E-state index is -0.110. The molecule has 0 aliphatic rings. The average Bonchev–Trinajstić information content (AvgIpc) is 2.63. The average molecular weight is 223 g/mol. The normalized spacial score (nSPS) is 13.3. The first-order valence-electron chi connectivity index (χ1n) is 5.04. The lowest BCUT2D eigenvalue weighted by Crippen LogP contribution is -2.23. The number of benzene rings is 1. The molecule has 2 rings (SSSR count). The standard InChI is InChI=1S/C12H14FNS/c1-8(14-2)6-9-7-15-12-10(9)4-3-5-11(12)13/h3-5,7-8,14H,6H2,1-2H3. The Balaban J connectivity index is 2.41. The van der Waals surface area contributed by atoms with Gasteiger partial charge in [-0.2, -0.15) is 0 Å². The zero-order valence-corrected chi connectivity index (χ0v) is 9.70. The molecule has 1 N–H and O–H groups in total. The summed E-state index contributed by atoms with van der Waals surface area (Å²) in [5.41, 5.74) is 1.23. The number of hydrogen-bond donors (Lipinski definition) is 1. The predicted molar refractivity (Wildman–Crippen MR) is 64.0 cm³/mol. The maximum Gasteiger partial charge on any atom is 0.140 e. The van der Waals surface area contributed by atoms with Gasteiger partial charge >= 0.3 is 0 Å². The molecule has 80 valence electrons. The second kappa shape index (κ2) is 4.29. The molecule has 1 atom stereocenters. The van der Waals surface area contributed by atoms with Crippen LogP contribution < -0.4 is 5.32 Å².